The largest absolute Gasteiger partial charge is 0.320 e. The summed E-state index contributed by atoms with van der Waals surface area (Å²) in [4.78, 5) is 40.2. The third kappa shape index (κ3) is 4.75. The molecule has 0 radical (unpaired) electrons. The minimum absolute atomic E-state index is 0.0578. The summed E-state index contributed by atoms with van der Waals surface area (Å²) in [5.74, 6) is -0.514. The van der Waals surface area contributed by atoms with Gasteiger partial charge in [0.1, 0.15) is 5.69 Å². The molecule has 3 aromatic rings. The van der Waals surface area contributed by atoms with Crippen molar-refractivity contribution in [3.63, 3.8) is 0 Å². The van der Waals surface area contributed by atoms with E-state index in [0.29, 0.717) is 22.6 Å². The standard InChI is InChI=1S/C19H17ClN4O4S/c1-2-9-23-18(26)13-5-3-4-6-14(13)22-19(23)29-11-17(25)21-15-8-7-12(20)10-16(15)24(27)28/h3-8,10H,2,9,11H2,1H3,(H,21,25). The van der Waals surface area contributed by atoms with Gasteiger partial charge in [-0.05, 0) is 30.7 Å². The summed E-state index contributed by atoms with van der Waals surface area (Å²) >= 11 is 6.89. The fourth-order valence-electron chi connectivity index (χ4n) is 2.76. The first kappa shape index (κ1) is 20.8. The second-order valence-electron chi connectivity index (χ2n) is 6.12. The van der Waals surface area contributed by atoms with E-state index >= 15 is 0 Å². The number of fused-ring (bicyclic) bond motifs is 1. The molecular weight excluding hydrogens is 416 g/mol. The lowest BCUT2D eigenvalue weighted by Crippen LogP contribution is -2.24. The number of halogens is 1. The van der Waals surface area contributed by atoms with E-state index in [1.54, 1.807) is 28.8 Å². The summed E-state index contributed by atoms with van der Waals surface area (Å²) in [6, 6.07) is 11.0. The van der Waals surface area contributed by atoms with E-state index in [1.165, 1.54) is 18.2 Å². The van der Waals surface area contributed by atoms with Crippen molar-refractivity contribution < 1.29 is 9.72 Å². The SMILES string of the molecule is CCCn1c(SCC(=O)Nc2ccc(Cl)cc2[N+](=O)[O-])nc2ccccc2c1=O. The molecule has 1 amide bonds. The Kier molecular flexibility index (Phi) is 6.50. The lowest BCUT2D eigenvalue weighted by Gasteiger charge is -2.12. The number of hydrogen-bond acceptors (Lipinski definition) is 6. The fraction of sp³-hybridized carbons (Fsp3) is 0.211. The molecule has 3 rings (SSSR count). The molecule has 0 aliphatic heterocycles. The summed E-state index contributed by atoms with van der Waals surface area (Å²) in [5, 5.41) is 14.8. The van der Waals surface area contributed by atoms with Crippen molar-refractivity contribution >= 4 is 51.5 Å². The van der Waals surface area contributed by atoms with Crippen LogP contribution in [0.2, 0.25) is 5.02 Å². The Morgan fingerprint density at radius 1 is 1.31 bits per heavy atom. The molecule has 0 fully saturated rings. The van der Waals surface area contributed by atoms with Crippen LogP contribution in [0.1, 0.15) is 13.3 Å². The van der Waals surface area contributed by atoms with Crippen molar-refractivity contribution in [2.24, 2.45) is 0 Å². The maximum absolute atomic E-state index is 12.7. The molecule has 0 aliphatic rings. The van der Waals surface area contributed by atoms with E-state index in [4.69, 9.17) is 11.6 Å². The molecule has 2 aromatic carbocycles. The molecule has 0 unspecified atom stereocenters. The fourth-order valence-corrected chi connectivity index (χ4v) is 3.75. The van der Waals surface area contributed by atoms with E-state index in [-0.39, 0.29) is 27.7 Å². The molecule has 0 saturated heterocycles. The number of hydrogen-bond donors (Lipinski definition) is 1. The van der Waals surface area contributed by atoms with Crippen molar-refractivity contribution in [3.05, 3.63) is 68.0 Å². The topological polar surface area (TPSA) is 107 Å². The average Bonchev–Trinajstić information content (AvgIpc) is 2.70. The van der Waals surface area contributed by atoms with Crippen molar-refractivity contribution in [1.82, 2.24) is 9.55 Å². The quantitative estimate of drug-likeness (QED) is 0.260. The van der Waals surface area contributed by atoms with Gasteiger partial charge < -0.3 is 5.32 Å². The van der Waals surface area contributed by atoms with Crippen LogP contribution in [0.4, 0.5) is 11.4 Å². The van der Waals surface area contributed by atoms with Crippen LogP contribution in [0.3, 0.4) is 0 Å². The third-order valence-corrected chi connectivity index (χ3v) is 5.25. The van der Waals surface area contributed by atoms with Gasteiger partial charge in [0.15, 0.2) is 5.16 Å². The number of nitro benzene ring substituents is 1. The second-order valence-corrected chi connectivity index (χ2v) is 7.50. The van der Waals surface area contributed by atoms with Gasteiger partial charge in [0, 0.05) is 17.6 Å². The monoisotopic (exact) mass is 432 g/mol. The number of anilines is 1. The Hall–Kier alpha value is -2.91. The number of carbonyl (C=O) groups excluding carboxylic acids is 1. The number of benzene rings is 2. The van der Waals surface area contributed by atoms with Gasteiger partial charge in [-0.2, -0.15) is 0 Å². The molecule has 0 saturated carbocycles. The van der Waals surface area contributed by atoms with Gasteiger partial charge in [-0.15, -0.1) is 0 Å². The lowest BCUT2D eigenvalue weighted by molar-refractivity contribution is -0.383. The number of nitro groups is 1. The van der Waals surface area contributed by atoms with Gasteiger partial charge in [-0.1, -0.05) is 42.4 Å². The predicted molar refractivity (Wildman–Crippen MR) is 114 cm³/mol. The molecule has 0 aliphatic carbocycles. The van der Waals surface area contributed by atoms with Crippen LogP contribution in [0.15, 0.2) is 52.4 Å². The number of carbonyl (C=O) groups is 1. The van der Waals surface area contributed by atoms with Gasteiger partial charge in [0.05, 0.1) is 21.6 Å². The van der Waals surface area contributed by atoms with Crippen LogP contribution in [-0.2, 0) is 11.3 Å². The molecule has 150 valence electrons. The van der Waals surface area contributed by atoms with Crippen molar-refractivity contribution in [2.45, 2.75) is 25.0 Å². The molecule has 8 nitrogen and oxygen atoms in total. The van der Waals surface area contributed by atoms with Crippen molar-refractivity contribution in [1.29, 1.82) is 0 Å². The summed E-state index contributed by atoms with van der Waals surface area (Å²) in [7, 11) is 0. The predicted octanol–water partition coefficient (Wildman–Crippen LogP) is 4.10. The number of rotatable bonds is 7. The van der Waals surface area contributed by atoms with Gasteiger partial charge in [-0.3, -0.25) is 24.3 Å². The zero-order chi connectivity index (χ0) is 21.0. The molecule has 29 heavy (non-hydrogen) atoms. The highest BCUT2D eigenvalue weighted by atomic mass is 35.5. The molecule has 1 N–H and O–H groups in total. The Morgan fingerprint density at radius 3 is 2.79 bits per heavy atom. The van der Waals surface area contributed by atoms with E-state index in [0.717, 1.165) is 18.2 Å². The van der Waals surface area contributed by atoms with Crippen LogP contribution in [0.25, 0.3) is 10.9 Å². The Morgan fingerprint density at radius 2 is 2.07 bits per heavy atom. The molecule has 10 heteroatoms. The first-order chi connectivity index (χ1) is 13.9. The molecule has 1 heterocycles. The number of aromatic nitrogens is 2. The number of para-hydroxylation sites is 1. The summed E-state index contributed by atoms with van der Waals surface area (Å²) < 4.78 is 1.55. The number of nitrogens with zero attached hydrogens (tertiary/aromatic N) is 3. The first-order valence-corrected chi connectivity index (χ1v) is 10.1. The number of amides is 1. The van der Waals surface area contributed by atoms with Crippen LogP contribution >= 0.6 is 23.4 Å². The zero-order valence-electron chi connectivity index (χ0n) is 15.4. The van der Waals surface area contributed by atoms with Crippen LogP contribution in [0.5, 0.6) is 0 Å². The number of thioether (sulfide) groups is 1. The van der Waals surface area contributed by atoms with E-state index in [9.17, 15) is 19.7 Å². The van der Waals surface area contributed by atoms with E-state index < -0.39 is 10.8 Å². The highest BCUT2D eigenvalue weighted by molar-refractivity contribution is 7.99. The average molecular weight is 433 g/mol. The smallest absolute Gasteiger partial charge is 0.294 e. The Bertz CT molecular complexity index is 1150. The molecule has 1 aromatic heterocycles. The summed E-state index contributed by atoms with van der Waals surface area (Å²) in [6.45, 7) is 2.42. The Labute approximate surface area is 175 Å². The van der Waals surface area contributed by atoms with Crippen molar-refractivity contribution in [3.8, 4) is 0 Å². The minimum Gasteiger partial charge on any atom is -0.320 e. The third-order valence-electron chi connectivity index (χ3n) is 4.04. The van der Waals surface area contributed by atoms with E-state index in [1.807, 2.05) is 6.92 Å². The number of nitrogens with one attached hydrogen (secondary N) is 1. The van der Waals surface area contributed by atoms with E-state index in [2.05, 4.69) is 10.3 Å². The Balaban J connectivity index is 1.82. The zero-order valence-corrected chi connectivity index (χ0v) is 17.0. The van der Waals surface area contributed by atoms with Crippen LogP contribution in [0, 0.1) is 10.1 Å². The molecule has 0 atom stereocenters. The van der Waals surface area contributed by atoms with Gasteiger partial charge >= 0.3 is 0 Å². The lowest BCUT2D eigenvalue weighted by atomic mass is 10.2. The highest BCUT2D eigenvalue weighted by Gasteiger charge is 2.18. The van der Waals surface area contributed by atoms with Crippen LogP contribution < -0.4 is 10.9 Å². The summed E-state index contributed by atoms with van der Waals surface area (Å²) in [5.41, 5.74) is 0.166. The normalized spacial score (nSPS) is 10.8. The second kappa shape index (κ2) is 9.06. The van der Waals surface area contributed by atoms with Crippen LogP contribution in [-0.4, -0.2) is 26.1 Å². The maximum atomic E-state index is 12.7. The summed E-state index contributed by atoms with van der Waals surface area (Å²) in [6.07, 6.45) is 0.733. The molecule has 0 bridgehead atoms. The first-order valence-electron chi connectivity index (χ1n) is 8.77. The van der Waals surface area contributed by atoms with Gasteiger partial charge in [-0.25, -0.2) is 4.98 Å². The molecule has 0 spiro atoms. The van der Waals surface area contributed by atoms with Crippen molar-refractivity contribution in [2.75, 3.05) is 11.1 Å². The van der Waals surface area contributed by atoms with Gasteiger partial charge in [0.25, 0.3) is 11.2 Å². The highest BCUT2D eigenvalue weighted by Crippen LogP contribution is 2.28. The maximum Gasteiger partial charge on any atom is 0.294 e. The molecular formula is C19H17ClN4O4S. The van der Waals surface area contributed by atoms with Gasteiger partial charge in [0.2, 0.25) is 5.91 Å². The minimum atomic E-state index is -0.613.